The van der Waals surface area contributed by atoms with E-state index in [9.17, 15) is 4.79 Å². The number of nitrogens with one attached hydrogen (secondary N) is 1. The van der Waals surface area contributed by atoms with Gasteiger partial charge in [0.1, 0.15) is 6.07 Å². The molecule has 0 saturated carbocycles. The summed E-state index contributed by atoms with van der Waals surface area (Å²) in [5, 5.41) is 14.0. The highest BCUT2D eigenvalue weighted by atomic mass is 32.1. The van der Waals surface area contributed by atoms with Gasteiger partial charge >= 0.3 is 0 Å². The topological polar surface area (TPSA) is 56.1 Å². The summed E-state index contributed by atoms with van der Waals surface area (Å²) >= 11 is 1.82. The van der Waals surface area contributed by atoms with Crippen molar-refractivity contribution in [2.24, 2.45) is 0 Å². The third kappa shape index (κ3) is 3.35. The standard InChI is InChI=1S/C17H17N3OS/c18-11-13-3-1-2-4-15(13)19-17(21)6-9-20-8-5-16-14(12-20)7-10-22-16/h1-4,7,10H,5-6,8-9,12H2,(H,19,21). The van der Waals surface area contributed by atoms with Gasteiger partial charge in [-0.2, -0.15) is 5.26 Å². The summed E-state index contributed by atoms with van der Waals surface area (Å²) in [6, 6.07) is 11.3. The van der Waals surface area contributed by atoms with E-state index in [2.05, 4.69) is 27.7 Å². The minimum atomic E-state index is -0.0428. The number of para-hydroxylation sites is 1. The molecule has 0 atom stereocenters. The number of rotatable bonds is 4. The number of benzene rings is 1. The molecule has 2 heterocycles. The maximum Gasteiger partial charge on any atom is 0.225 e. The number of carbonyl (C=O) groups is 1. The molecule has 0 spiro atoms. The van der Waals surface area contributed by atoms with Crippen LogP contribution < -0.4 is 5.32 Å². The summed E-state index contributed by atoms with van der Waals surface area (Å²) in [5.74, 6) is -0.0428. The maximum absolute atomic E-state index is 12.1. The second-order valence-corrected chi connectivity index (χ2v) is 6.35. The highest BCUT2D eigenvalue weighted by Crippen LogP contribution is 2.24. The van der Waals surface area contributed by atoms with E-state index in [1.54, 1.807) is 18.2 Å². The third-order valence-corrected chi connectivity index (χ3v) is 4.89. The van der Waals surface area contributed by atoms with E-state index in [0.717, 1.165) is 26.1 Å². The first-order valence-electron chi connectivity index (χ1n) is 7.33. The van der Waals surface area contributed by atoms with Crippen molar-refractivity contribution in [2.75, 3.05) is 18.4 Å². The number of anilines is 1. The van der Waals surface area contributed by atoms with Crippen LogP contribution in [0, 0.1) is 11.3 Å². The molecule has 4 nitrogen and oxygen atoms in total. The van der Waals surface area contributed by atoms with Gasteiger partial charge in [0.05, 0.1) is 11.3 Å². The number of hydrogen-bond donors (Lipinski definition) is 1. The summed E-state index contributed by atoms with van der Waals surface area (Å²) in [7, 11) is 0. The van der Waals surface area contributed by atoms with Crippen molar-refractivity contribution in [3.8, 4) is 6.07 Å². The van der Waals surface area contributed by atoms with Crippen LogP contribution >= 0.6 is 11.3 Å². The molecule has 1 amide bonds. The molecule has 112 valence electrons. The Balaban J connectivity index is 1.52. The Morgan fingerprint density at radius 2 is 2.23 bits per heavy atom. The van der Waals surface area contributed by atoms with Gasteiger partial charge in [0.15, 0.2) is 0 Å². The van der Waals surface area contributed by atoms with Crippen molar-refractivity contribution in [1.82, 2.24) is 4.90 Å². The second-order valence-electron chi connectivity index (χ2n) is 5.35. The van der Waals surface area contributed by atoms with Crippen LogP contribution in [0.2, 0.25) is 0 Å². The van der Waals surface area contributed by atoms with Crippen LogP contribution in [-0.4, -0.2) is 23.9 Å². The molecule has 2 aromatic rings. The Morgan fingerprint density at radius 3 is 3.09 bits per heavy atom. The van der Waals surface area contributed by atoms with Crippen LogP contribution in [-0.2, 0) is 17.8 Å². The number of nitrogens with zero attached hydrogens (tertiary/aromatic N) is 2. The maximum atomic E-state index is 12.1. The Labute approximate surface area is 134 Å². The normalized spacial score (nSPS) is 14.1. The summed E-state index contributed by atoms with van der Waals surface area (Å²) in [4.78, 5) is 15.9. The van der Waals surface area contributed by atoms with Crippen molar-refractivity contribution in [3.63, 3.8) is 0 Å². The molecule has 0 unspecified atom stereocenters. The van der Waals surface area contributed by atoms with Gasteiger partial charge < -0.3 is 5.32 Å². The zero-order valence-corrected chi connectivity index (χ0v) is 13.0. The first kappa shape index (κ1) is 14.8. The first-order chi connectivity index (χ1) is 10.8. The van der Waals surface area contributed by atoms with Gasteiger partial charge in [0.2, 0.25) is 5.91 Å². The van der Waals surface area contributed by atoms with E-state index in [0.29, 0.717) is 17.7 Å². The van der Waals surface area contributed by atoms with Crippen molar-refractivity contribution < 1.29 is 4.79 Å². The monoisotopic (exact) mass is 311 g/mol. The summed E-state index contributed by atoms with van der Waals surface area (Å²) in [6.07, 6.45) is 1.52. The van der Waals surface area contributed by atoms with Gasteiger partial charge in [-0.05, 0) is 35.6 Å². The summed E-state index contributed by atoms with van der Waals surface area (Å²) < 4.78 is 0. The molecule has 22 heavy (non-hydrogen) atoms. The smallest absolute Gasteiger partial charge is 0.225 e. The molecule has 1 aromatic heterocycles. The van der Waals surface area contributed by atoms with Gasteiger partial charge in [0.25, 0.3) is 0 Å². The third-order valence-electron chi connectivity index (χ3n) is 3.86. The van der Waals surface area contributed by atoms with Gasteiger partial charge in [-0.25, -0.2) is 0 Å². The molecule has 1 N–H and O–H groups in total. The van der Waals surface area contributed by atoms with Crippen molar-refractivity contribution >= 4 is 22.9 Å². The number of thiophene rings is 1. The Kier molecular flexibility index (Phi) is 4.52. The van der Waals surface area contributed by atoms with Gasteiger partial charge in [0, 0.05) is 30.9 Å². The molecule has 0 aliphatic carbocycles. The molecule has 1 aliphatic rings. The highest BCUT2D eigenvalue weighted by molar-refractivity contribution is 7.10. The molecular formula is C17H17N3OS. The van der Waals surface area contributed by atoms with Crippen molar-refractivity contribution in [1.29, 1.82) is 5.26 Å². The Hall–Kier alpha value is -2.16. The lowest BCUT2D eigenvalue weighted by atomic mass is 10.1. The minimum Gasteiger partial charge on any atom is -0.325 e. The largest absolute Gasteiger partial charge is 0.325 e. The highest BCUT2D eigenvalue weighted by Gasteiger charge is 2.17. The lowest BCUT2D eigenvalue weighted by molar-refractivity contribution is -0.116. The van der Waals surface area contributed by atoms with E-state index in [1.165, 1.54) is 10.4 Å². The van der Waals surface area contributed by atoms with Crippen LogP contribution in [0.4, 0.5) is 5.69 Å². The average Bonchev–Trinajstić information content (AvgIpc) is 3.01. The second kappa shape index (κ2) is 6.73. The summed E-state index contributed by atoms with van der Waals surface area (Å²) in [6.45, 7) is 2.69. The van der Waals surface area contributed by atoms with E-state index in [1.807, 2.05) is 17.4 Å². The van der Waals surface area contributed by atoms with Crippen LogP contribution in [0.15, 0.2) is 35.7 Å². The van der Waals surface area contributed by atoms with Crippen LogP contribution in [0.3, 0.4) is 0 Å². The van der Waals surface area contributed by atoms with Gasteiger partial charge in [-0.1, -0.05) is 12.1 Å². The van der Waals surface area contributed by atoms with Gasteiger partial charge in [-0.3, -0.25) is 9.69 Å². The number of nitriles is 1. The molecule has 0 radical (unpaired) electrons. The minimum absolute atomic E-state index is 0.0428. The quantitative estimate of drug-likeness (QED) is 0.944. The molecule has 0 bridgehead atoms. The Morgan fingerprint density at radius 1 is 1.36 bits per heavy atom. The molecule has 0 fully saturated rings. The summed E-state index contributed by atoms with van der Waals surface area (Å²) in [5.41, 5.74) is 2.48. The molecular weight excluding hydrogens is 294 g/mol. The fourth-order valence-corrected chi connectivity index (χ4v) is 3.55. The average molecular weight is 311 g/mol. The van der Waals surface area contributed by atoms with Crippen LogP contribution in [0.1, 0.15) is 22.4 Å². The van der Waals surface area contributed by atoms with E-state index in [4.69, 9.17) is 5.26 Å². The van der Waals surface area contributed by atoms with Crippen molar-refractivity contribution in [3.05, 3.63) is 51.7 Å². The van der Waals surface area contributed by atoms with Crippen molar-refractivity contribution in [2.45, 2.75) is 19.4 Å². The van der Waals surface area contributed by atoms with E-state index < -0.39 is 0 Å². The number of hydrogen-bond acceptors (Lipinski definition) is 4. The molecule has 1 aromatic carbocycles. The first-order valence-corrected chi connectivity index (χ1v) is 8.21. The van der Waals surface area contributed by atoms with E-state index >= 15 is 0 Å². The predicted molar refractivity (Wildman–Crippen MR) is 87.7 cm³/mol. The lowest BCUT2D eigenvalue weighted by Gasteiger charge is -2.26. The molecule has 1 aliphatic heterocycles. The number of fused-ring (bicyclic) bond motifs is 1. The zero-order chi connectivity index (χ0) is 15.4. The lowest BCUT2D eigenvalue weighted by Crippen LogP contribution is -2.32. The number of amides is 1. The zero-order valence-electron chi connectivity index (χ0n) is 12.2. The van der Waals surface area contributed by atoms with E-state index in [-0.39, 0.29) is 5.91 Å². The fourth-order valence-electron chi connectivity index (χ4n) is 2.66. The Bertz CT molecular complexity index is 717. The molecule has 3 rings (SSSR count). The fraction of sp³-hybridized carbons (Fsp3) is 0.294. The molecule has 5 heteroatoms. The number of carbonyl (C=O) groups excluding carboxylic acids is 1. The SMILES string of the molecule is N#Cc1ccccc1NC(=O)CCN1CCc2sccc2C1. The van der Waals surface area contributed by atoms with Crippen LogP contribution in [0.5, 0.6) is 0 Å². The van der Waals surface area contributed by atoms with Gasteiger partial charge in [-0.15, -0.1) is 11.3 Å². The molecule has 0 saturated heterocycles. The predicted octanol–water partition coefficient (Wildman–Crippen LogP) is 3.01. The van der Waals surface area contributed by atoms with Crippen LogP contribution in [0.25, 0.3) is 0 Å².